The van der Waals surface area contributed by atoms with E-state index in [-0.39, 0.29) is 6.04 Å². The summed E-state index contributed by atoms with van der Waals surface area (Å²) in [6, 6.07) is 25.1. The zero-order chi connectivity index (χ0) is 16.5. The van der Waals surface area contributed by atoms with Gasteiger partial charge in [0.25, 0.3) is 0 Å². The third-order valence-corrected chi connectivity index (χ3v) is 4.24. The van der Waals surface area contributed by atoms with Crippen LogP contribution in [0.4, 0.5) is 0 Å². The van der Waals surface area contributed by atoms with Gasteiger partial charge in [-0.15, -0.1) is 0 Å². The number of hydrogen-bond donors (Lipinski definition) is 2. The monoisotopic (exact) mass is 313 g/mol. The van der Waals surface area contributed by atoms with Crippen LogP contribution in [0, 0.1) is 0 Å². The van der Waals surface area contributed by atoms with Gasteiger partial charge in [0.2, 0.25) is 0 Å². The predicted octanol–water partition coefficient (Wildman–Crippen LogP) is 4.92. The maximum Gasteiger partial charge on any atom is 0.123 e. The van der Waals surface area contributed by atoms with Crippen molar-refractivity contribution in [2.24, 2.45) is 5.73 Å². The van der Waals surface area contributed by atoms with E-state index < -0.39 is 0 Å². The van der Waals surface area contributed by atoms with Crippen molar-refractivity contribution in [2.75, 3.05) is 0 Å². The Bertz CT molecular complexity index is 894. The van der Waals surface area contributed by atoms with Crippen molar-refractivity contribution in [3.8, 4) is 22.3 Å². The molecule has 0 bridgehead atoms. The van der Waals surface area contributed by atoms with Gasteiger partial charge >= 0.3 is 0 Å². The number of rotatable bonds is 3. The summed E-state index contributed by atoms with van der Waals surface area (Å²) in [6.07, 6.45) is 0. The van der Waals surface area contributed by atoms with Gasteiger partial charge in [0.1, 0.15) is 5.82 Å². The molecule has 4 rings (SSSR count). The summed E-state index contributed by atoms with van der Waals surface area (Å²) >= 11 is 0. The zero-order valence-corrected chi connectivity index (χ0v) is 13.5. The summed E-state index contributed by atoms with van der Waals surface area (Å²) in [5.41, 5.74) is 12.7. The molecule has 0 aliphatic heterocycles. The van der Waals surface area contributed by atoms with E-state index >= 15 is 0 Å². The third kappa shape index (κ3) is 2.59. The number of fused-ring (bicyclic) bond motifs is 1. The Labute approximate surface area is 141 Å². The molecule has 3 heteroatoms. The molecule has 0 spiro atoms. The normalized spacial score (nSPS) is 12.4. The lowest BCUT2D eigenvalue weighted by Crippen LogP contribution is -2.06. The van der Waals surface area contributed by atoms with Crippen LogP contribution in [-0.4, -0.2) is 9.97 Å². The number of nitrogens with zero attached hydrogens (tertiary/aromatic N) is 1. The van der Waals surface area contributed by atoms with Crippen molar-refractivity contribution in [3.63, 3.8) is 0 Å². The smallest absolute Gasteiger partial charge is 0.123 e. The number of hydrogen-bond acceptors (Lipinski definition) is 2. The predicted molar refractivity (Wildman–Crippen MR) is 99.6 cm³/mol. The van der Waals surface area contributed by atoms with Crippen LogP contribution < -0.4 is 5.73 Å². The second-order valence-corrected chi connectivity index (χ2v) is 6.06. The summed E-state index contributed by atoms with van der Waals surface area (Å²) < 4.78 is 0. The van der Waals surface area contributed by atoms with E-state index in [0.29, 0.717) is 0 Å². The molecular weight excluding hydrogens is 294 g/mol. The average molecular weight is 313 g/mol. The number of benzene rings is 3. The number of imidazole rings is 1. The number of H-pyrrole nitrogens is 1. The summed E-state index contributed by atoms with van der Waals surface area (Å²) in [5, 5.41) is 0. The second kappa shape index (κ2) is 5.95. The Morgan fingerprint density at radius 3 is 1.92 bits per heavy atom. The fourth-order valence-electron chi connectivity index (χ4n) is 3.01. The first kappa shape index (κ1) is 14.7. The lowest BCUT2D eigenvalue weighted by molar-refractivity contribution is 0.760. The first-order valence-electron chi connectivity index (χ1n) is 8.12. The fraction of sp³-hybridized carbons (Fsp3) is 0.0952. The minimum Gasteiger partial charge on any atom is -0.341 e. The molecule has 24 heavy (non-hydrogen) atoms. The van der Waals surface area contributed by atoms with Crippen LogP contribution in [-0.2, 0) is 0 Å². The van der Waals surface area contributed by atoms with Crippen LogP contribution >= 0.6 is 0 Å². The maximum absolute atomic E-state index is 5.98. The number of nitrogens with two attached hydrogens (primary N) is 1. The fourth-order valence-corrected chi connectivity index (χ4v) is 3.01. The van der Waals surface area contributed by atoms with E-state index in [1.54, 1.807) is 0 Å². The van der Waals surface area contributed by atoms with Crippen LogP contribution in [0.2, 0.25) is 0 Å². The van der Waals surface area contributed by atoms with Crippen molar-refractivity contribution < 1.29 is 0 Å². The minimum atomic E-state index is -0.113. The van der Waals surface area contributed by atoms with Gasteiger partial charge in [-0.3, -0.25) is 0 Å². The molecule has 1 heterocycles. The Morgan fingerprint density at radius 1 is 0.833 bits per heavy atom. The number of nitrogens with one attached hydrogen (secondary N) is 1. The molecule has 3 nitrogen and oxygen atoms in total. The zero-order valence-electron chi connectivity index (χ0n) is 13.5. The molecule has 0 amide bonds. The van der Waals surface area contributed by atoms with Crippen molar-refractivity contribution in [1.82, 2.24) is 9.97 Å². The van der Waals surface area contributed by atoms with Crippen LogP contribution in [0.5, 0.6) is 0 Å². The topological polar surface area (TPSA) is 54.7 Å². The molecule has 4 aromatic rings. The van der Waals surface area contributed by atoms with Gasteiger partial charge in [0.05, 0.1) is 17.1 Å². The molecular formula is C21H19N3. The van der Waals surface area contributed by atoms with Gasteiger partial charge < -0.3 is 10.7 Å². The Hall–Kier alpha value is -2.91. The maximum atomic E-state index is 5.98. The minimum absolute atomic E-state index is 0.113. The number of aromatic nitrogens is 2. The molecule has 0 saturated carbocycles. The SMILES string of the molecule is CC(N)c1nc2cc(-c3ccccc3)c(-c3ccccc3)cc2[nH]1. The highest BCUT2D eigenvalue weighted by molar-refractivity contribution is 5.93. The Balaban J connectivity index is 2.00. The summed E-state index contributed by atoms with van der Waals surface area (Å²) in [5.74, 6) is 0.814. The number of aromatic amines is 1. The summed E-state index contributed by atoms with van der Waals surface area (Å²) in [6.45, 7) is 1.94. The lowest BCUT2D eigenvalue weighted by Gasteiger charge is -2.10. The highest BCUT2D eigenvalue weighted by atomic mass is 15.0. The van der Waals surface area contributed by atoms with Gasteiger partial charge in [-0.1, -0.05) is 60.7 Å². The van der Waals surface area contributed by atoms with Gasteiger partial charge in [-0.25, -0.2) is 4.98 Å². The van der Waals surface area contributed by atoms with Crippen molar-refractivity contribution in [2.45, 2.75) is 13.0 Å². The second-order valence-electron chi connectivity index (χ2n) is 6.06. The van der Waals surface area contributed by atoms with Crippen LogP contribution in [0.15, 0.2) is 72.8 Å². The molecule has 3 N–H and O–H groups in total. The van der Waals surface area contributed by atoms with Crippen LogP contribution in [0.25, 0.3) is 33.3 Å². The molecule has 1 atom stereocenters. The molecule has 1 unspecified atom stereocenters. The van der Waals surface area contributed by atoms with Gasteiger partial charge in [-0.2, -0.15) is 0 Å². The molecule has 0 radical (unpaired) electrons. The highest BCUT2D eigenvalue weighted by Gasteiger charge is 2.13. The average Bonchev–Trinajstić information content (AvgIpc) is 3.05. The molecule has 0 aliphatic carbocycles. The van der Waals surface area contributed by atoms with Crippen molar-refractivity contribution in [3.05, 3.63) is 78.6 Å². The van der Waals surface area contributed by atoms with Crippen molar-refractivity contribution in [1.29, 1.82) is 0 Å². The van der Waals surface area contributed by atoms with E-state index in [9.17, 15) is 0 Å². The van der Waals surface area contributed by atoms with E-state index in [2.05, 4.69) is 70.6 Å². The summed E-state index contributed by atoms with van der Waals surface area (Å²) in [4.78, 5) is 8.00. The first-order chi connectivity index (χ1) is 11.7. The first-order valence-corrected chi connectivity index (χ1v) is 8.12. The van der Waals surface area contributed by atoms with Crippen LogP contribution in [0.3, 0.4) is 0 Å². The molecule has 3 aromatic carbocycles. The Morgan fingerprint density at radius 2 is 1.38 bits per heavy atom. The van der Waals surface area contributed by atoms with Crippen LogP contribution in [0.1, 0.15) is 18.8 Å². The van der Waals surface area contributed by atoms with E-state index in [0.717, 1.165) is 16.9 Å². The highest BCUT2D eigenvalue weighted by Crippen LogP contribution is 2.35. The summed E-state index contributed by atoms with van der Waals surface area (Å²) in [7, 11) is 0. The van der Waals surface area contributed by atoms with E-state index in [4.69, 9.17) is 5.73 Å². The largest absolute Gasteiger partial charge is 0.341 e. The molecule has 0 saturated heterocycles. The van der Waals surface area contributed by atoms with Gasteiger partial charge in [0, 0.05) is 0 Å². The molecule has 0 fully saturated rings. The molecule has 1 aromatic heterocycles. The van der Waals surface area contributed by atoms with E-state index in [1.807, 2.05) is 19.1 Å². The quantitative estimate of drug-likeness (QED) is 0.564. The molecule has 118 valence electrons. The van der Waals surface area contributed by atoms with Gasteiger partial charge in [-0.05, 0) is 41.3 Å². The van der Waals surface area contributed by atoms with Crippen molar-refractivity contribution >= 4 is 11.0 Å². The lowest BCUT2D eigenvalue weighted by atomic mass is 9.94. The standard InChI is InChI=1S/C21H19N3/c1-14(22)21-23-19-12-17(15-8-4-2-5-9-15)18(13-20(19)24-21)16-10-6-3-7-11-16/h2-14H,22H2,1H3,(H,23,24). The third-order valence-electron chi connectivity index (χ3n) is 4.24. The Kier molecular flexibility index (Phi) is 3.63. The van der Waals surface area contributed by atoms with Gasteiger partial charge in [0.15, 0.2) is 0 Å². The van der Waals surface area contributed by atoms with E-state index in [1.165, 1.54) is 22.3 Å². The molecule has 0 aliphatic rings.